The quantitative estimate of drug-likeness (QED) is 0.800. The van der Waals surface area contributed by atoms with Crippen molar-refractivity contribution in [1.29, 1.82) is 0 Å². The molecule has 1 aromatic carbocycles. The van der Waals surface area contributed by atoms with E-state index in [1.165, 1.54) is 5.56 Å². The van der Waals surface area contributed by atoms with Gasteiger partial charge in [0.1, 0.15) is 5.82 Å². The molecule has 0 bridgehead atoms. The number of nitrogens with zero attached hydrogens (tertiary/aromatic N) is 4. The summed E-state index contributed by atoms with van der Waals surface area (Å²) in [6.07, 6.45) is 2.71. The Morgan fingerprint density at radius 2 is 2.24 bits per heavy atom. The number of nitrogen functional groups attached to an aromatic ring is 1. The molecular weight excluding hydrogens is 214 g/mol. The summed E-state index contributed by atoms with van der Waals surface area (Å²) in [5, 5.41) is 7.77. The summed E-state index contributed by atoms with van der Waals surface area (Å²) in [4.78, 5) is 2.13. The summed E-state index contributed by atoms with van der Waals surface area (Å²) >= 11 is 0. The minimum absolute atomic E-state index is 0.812. The van der Waals surface area contributed by atoms with E-state index in [4.69, 9.17) is 5.73 Å². The average molecular weight is 231 g/mol. The highest BCUT2D eigenvalue weighted by molar-refractivity contribution is 5.41. The van der Waals surface area contributed by atoms with Gasteiger partial charge in [-0.25, -0.2) is 4.68 Å². The van der Waals surface area contributed by atoms with Crippen molar-refractivity contribution in [2.45, 2.75) is 6.42 Å². The fourth-order valence-electron chi connectivity index (χ4n) is 1.79. The molecule has 2 aromatic rings. The highest BCUT2D eigenvalue weighted by atomic mass is 15.5. The zero-order chi connectivity index (χ0) is 12.3. The molecule has 0 atom stereocenters. The second-order valence-corrected chi connectivity index (χ2v) is 4.13. The fourth-order valence-corrected chi connectivity index (χ4v) is 1.79. The van der Waals surface area contributed by atoms with Crippen LogP contribution < -0.4 is 10.6 Å². The van der Waals surface area contributed by atoms with Crippen LogP contribution in [0.25, 0.3) is 0 Å². The SMILES string of the molecule is CN(CCc1cccc(N)c1)c1cnnn1C. The summed E-state index contributed by atoms with van der Waals surface area (Å²) in [7, 11) is 3.92. The molecule has 1 aromatic heterocycles. The Morgan fingerprint density at radius 1 is 1.41 bits per heavy atom. The number of rotatable bonds is 4. The third kappa shape index (κ3) is 2.75. The Hall–Kier alpha value is -2.04. The smallest absolute Gasteiger partial charge is 0.146 e. The van der Waals surface area contributed by atoms with Crippen LogP contribution >= 0.6 is 0 Å². The first-order valence-corrected chi connectivity index (χ1v) is 5.57. The van der Waals surface area contributed by atoms with Gasteiger partial charge in [0, 0.05) is 26.3 Å². The van der Waals surface area contributed by atoms with E-state index < -0.39 is 0 Å². The Morgan fingerprint density at radius 3 is 2.88 bits per heavy atom. The second-order valence-electron chi connectivity index (χ2n) is 4.13. The summed E-state index contributed by atoms with van der Waals surface area (Å²) in [6, 6.07) is 7.98. The molecule has 0 fully saturated rings. The van der Waals surface area contributed by atoms with E-state index in [1.54, 1.807) is 10.9 Å². The number of aryl methyl sites for hydroxylation is 1. The maximum atomic E-state index is 5.75. The van der Waals surface area contributed by atoms with E-state index in [-0.39, 0.29) is 0 Å². The molecule has 0 radical (unpaired) electrons. The van der Waals surface area contributed by atoms with E-state index in [1.807, 2.05) is 32.3 Å². The van der Waals surface area contributed by atoms with Crippen LogP contribution in [0.2, 0.25) is 0 Å². The zero-order valence-corrected chi connectivity index (χ0v) is 10.2. The number of likely N-dealkylation sites (N-methyl/N-ethyl adjacent to an activating group) is 1. The molecule has 5 heteroatoms. The van der Waals surface area contributed by atoms with Crippen molar-refractivity contribution in [3.8, 4) is 0 Å². The molecule has 0 saturated heterocycles. The van der Waals surface area contributed by atoms with Crippen LogP contribution in [0.3, 0.4) is 0 Å². The predicted molar refractivity (Wildman–Crippen MR) is 68.8 cm³/mol. The first-order valence-electron chi connectivity index (χ1n) is 5.57. The first kappa shape index (κ1) is 11.4. The van der Waals surface area contributed by atoms with Crippen LogP contribution in [0, 0.1) is 0 Å². The van der Waals surface area contributed by atoms with Crippen LogP contribution in [0.15, 0.2) is 30.5 Å². The van der Waals surface area contributed by atoms with Crippen LogP contribution in [0.5, 0.6) is 0 Å². The van der Waals surface area contributed by atoms with Crippen LogP contribution in [0.4, 0.5) is 11.5 Å². The van der Waals surface area contributed by atoms with Crippen molar-refractivity contribution in [3.63, 3.8) is 0 Å². The van der Waals surface area contributed by atoms with E-state index in [9.17, 15) is 0 Å². The molecule has 0 spiro atoms. The van der Waals surface area contributed by atoms with Crippen molar-refractivity contribution in [2.24, 2.45) is 7.05 Å². The predicted octanol–water partition coefficient (Wildman–Crippen LogP) is 1.08. The van der Waals surface area contributed by atoms with Gasteiger partial charge in [-0.05, 0) is 24.1 Å². The van der Waals surface area contributed by atoms with Crippen molar-refractivity contribution in [1.82, 2.24) is 15.0 Å². The second kappa shape index (κ2) is 4.86. The molecule has 90 valence electrons. The molecule has 1 heterocycles. The maximum absolute atomic E-state index is 5.75. The molecule has 0 aliphatic carbocycles. The van der Waals surface area contributed by atoms with Gasteiger partial charge >= 0.3 is 0 Å². The summed E-state index contributed by atoms with van der Waals surface area (Å²) in [5.74, 6) is 1.01. The summed E-state index contributed by atoms with van der Waals surface area (Å²) in [6.45, 7) is 0.907. The summed E-state index contributed by atoms with van der Waals surface area (Å²) < 4.78 is 1.76. The van der Waals surface area contributed by atoms with E-state index in [2.05, 4.69) is 21.3 Å². The Balaban J connectivity index is 1.97. The lowest BCUT2D eigenvalue weighted by atomic mass is 10.1. The van der Waals surface area contributed by atoms with Crippen LogP contribution in [0.1, 0.15) is 5.56 Å². The zero-order valence-electron chi connectivity index (χ0n) is 10.2. The van der Waals surface area contributed by atoms with Gasteiger partial charge in [-0.15, -0.1) is 5.10 Å². The topological polar surface area (TPSA) is 60.0 Å². The fraction of sp³-hybridized carbons (Fsp3) is 0.333. The molecule has 2 N–H and O–H groups in total. The molecule has 2 rings (SSSR count). The monoisotopic (exact) mass is 231 g/mol. The van der Waals surface area contributed by atoms with Gasteiger partial charge in [0.15, 0.2) is 0 Å². The number of benzene rings is 1. The molecule has 17 heavy (non-hydrogen) atoms. The van der Waals surface area contributed by atoms with E-state index >= 15 is 0 Å². The van der Waals surface area contributed by atoms with E-state index in [0.29, 0.717) is 0 Å². The van der Waals surface area contributed by atoms with E-state index in [0.717, 1.165) is 24.5 Å². The minimum atomic E-state index is 0.812. The number of hydrogen-bond acceptors (Lipinski definition) is 4. The molecule has 0 saturated carbocycles. The van der Waals surface area contributed by atoms with Crippen molar-refractivity contribution >= 4 is 11.5 Å². The van der Waals surface area contributed by atoms with Gasteiger partial charge in [-0.3, -0.25) is 0 Å². The van der Waals surface area contributed by atoms with Gasteiger partial charge in [0.25, 0.3) is 0 Å². The Bertz CT molecular complexity index is 491. The Labute approximate surface area is 101 Å². The standard InChI is InChI=1S/C12H17N5/c1-16(12-9-14-15-17(12)2)7-6-10-4-3-5-11(13)8-10/h3-5,8-9H,6-7,13H2,1-2H3. The van der Waals surface area contributed by atoms with Gasteiger partial charge in [-0.2, -0.15) is 0 Å². The number of anilines is 2. The van der Waals surface area contributed by atoms with Crippen LogP contribution in [-0.4, -0.2) is 28.6 Å². The molecule has 0 amide bonds. The largest absolute Gasteiger partial charge is 0.399 e. The Kier molecular flexibility index (Phi) is 3.27. The molecule has 0 aliphatic heterocycles. The van der Waals surface area contributed by atoms with Crippen LogP contribution in [-0.2, 0) is 13.5 Å². The lowest BCUT2D eigenvalue weighted by Gasteiger charge is -2.18. The highest BCUT2D eigenvalue weighted by Gasteiger charge is 2.06. The lowest BCUT2D eigenvalue weighted by molar-refractivity contribution is 0.696. The van der Waals surface area contributed by atoms with Crippen molar-refractivity contribution < 1.29 is 0 Å². The number of nitrogens with two attached hydrogens (primary N) is 1. The summed E-state index contributed by atoms with van der Waals surface area (Å²) in [5.41, 5.74) is 7.80. The van der Waals surface area contributed by atoms with Gasteiger partial charge < -0.3 is 10.6 Å². The molecule has 0 aliphatic rings. The third-order valence-corrected chi connectivity index (χ3v) is 2.77. The van der Waals surface area contributed by atoms with Gasteiger partial charge in [0.2, 0.25) is 0 Å². The van der Waals surface area contributed by atoms with Gasteiger partial charge in [-0.1, -0.05) is 17.3 Å². The average Bonchev–Trinajstić information content (AvgIpc) is 2.72. The third-order valence-electron chi connectivity index (χ3n) is 2.77. The van der Waals surface area contributed by atoms with Crippen molar-refractivity contribution in [3.05, 3.63) is 36.0 Å². The molecule has 5 nitrogen and oxygen atoms in total. The highest BCUT2D eigenvalue weighted by Crippen LogP contribution is 2.11. The maximum Gasteiger partial charge on any atom is 0.146 e. The molecular formula is C12H17N5. The number of aromatic nitrogens is 3. The molecule has 0 unspecified atom stereocenters. The lowest BCUT2D eigenvalue weighted by Crippen LogP contribution is -2.22. The minimum Gasteiger partial charge on any atom is -0.399 e. The number of hydrogen-bond donors (Lipinski definition) is 1. The van der Waals surface area contributed by atoms with Gasteiger partial charge in [0.05, 0.1) is 6.20 Å². The first-order chi connectivity index (χ1) is 8.16. The van der Waals surface area contributed by atoms with Crippen molar-refractivity contribution in [2.75, 3.05) is 24.2 Å². The normalized spacial score (nSPS) is 10.5.